The molecule has 2 aromatic carbocycles. The fourth-order valence-corrected chi connectivity index (χ4v) is 7.31. The lowest BCUT2D eigenvalue weighted by Gasteiger charge is -2.31. The lowest BCUT2D eigenvalue weighted by molar-refractivity contribution is -0.114. The van der Waals surface area contributed by atoms with Gasteiger partial charge in [-0.15, -0.1) is 5.11 Å². The van der Waals surface area contributed by atoms with Crippen LogP contribution < -0.4 is 0 Å². The minimum absolute atomic E-state index is 0.0712. The molecule has 0 heterocycles. The molecular weight excluding hydrogens is 699 g/mol. The number of halogens is 2. The first-order chi connectivity index (χ1) is 24.5. The Bertz CT molecular complexity index is 2060. The molecule has 0 aromatic heterocycles. The van der Waals surface area contributed by atoms with Gasteiger partial charge in [-0.25, -0.2) is 0 Å². The molecule has 53 heavy (non-hydrogen) atoms. The molecule has 0 saturated carbocycles. The van der Waals surface area contributed by atoms with Crippen LogP contribution >= 0.6 is 23.2 Å². The SMILES string of the molecule is CC(C)(C)C1=CC(=C/N=N/c2cc(Cl)c(-c3ccc(/N=N/C=C4C=C(C(C)(C)C)C(=O)C(C(C)(C)C)=C4)c4c3CCC4)cc2Cl)C=C(C(C)(C)C)C1=O. The molecule has 5 rings (SSSR count). The Hall–Kier alpha value is -4.00. The fourth-order valence-electron chi connectivity index (χ4n) is 6.85. The van der Waals surface area contributed by atoms with Crippen LogP contribution in [0.15, 0.2) is 115 Å². The lowest BCUT2D eigenvalue weighted by Crippen LogP contribution is -2.27. The zero-order valence-electron chi connectivity index (χ0n) is 33.3. The zero-order valence-corrected chi connectivity index (χ0v) is 34.8. The second-order valence-corrected chi connectivity index (χ2v) is 19.1. The molecule has 2 aromatic rings. The quantitative estimate of drug-likeness (QED) is 0.285. The van der Waals surface area contributed by atoms with Crippen molar-refractivity contribution in [2.45, 2.75) is 102 Å². The summed E-state index contributed by atoms with van der Waals surface area (Å²) in [5, 5.41) is 18.9. The lowest BCUT2D eigenvalue weighted by atomic mass is 9.72. The maximum atomic E-state index is 13.3. The first kappa shape index (κ1) is 40.2. The summed E-state index contributed by atoms with van der Waals surface area (Å²) in [6.45, 7) is 24.6. The van der Waals surface area contributed by atoms with Gasteiger partial charge in [0.15, 0.2) is 11.6 Å². The van der Waals surface area contributed by atoms with Crippen molar-refractivity contribution >= 4 is 46.1 Å². The highest BCUT2D eigenvalue weighted by molar-refractivity contribution is 6.37. The summed E-state index contributed by atoms with van der Waals surface area (Å²) in [6, 6.07) is 7.61. The van der Waals surface area contributed by atoms with Gasteiger partial charge in [-0.3, -0.25) is 9.59 Å². The summed E-state index contributed by atoms with van der Waals surface area (Å²) in [5.74, 6) is 0.166. The van der Waals surface area contributed by atoms with Crippen molar-refractivity contribution in [1.29, 1.82) is 0 Å². The van der Waals surface area contributed by atoms with E-state index in [4.69, 9.17) is 23.2 Å². The van der Waals surface area contributed by atoms with Crippen LogP contribution in [0.2, 0.25) is 10.0 Å². The third-order valence-corrected chi connectivity index (χ3v) is 10.4. The van der Waals surface area contributed by atoms with Crippen molar-refractivity contribution in [3.05, 3.63) is 116 Å². The molecule has 3 aliphatic carbocycles. The molecule has 3 aliphatic rings. The topological polar surface area (TPSA) is 83.6 Å². The number of Topliss-reactive ketones (excluding diaryl/α,β-unsaturated/α-hetero) is 2. The first-order valence-corrected chi connectivity index (χ1v) is 19.1. The Morgan fingerprint density at radius 1 is 0.528 bits per heavy atom. The number of hydrogen-bond acceptors (Lipinski definition) is 6. The highest BCUT2D eigenvalue weighted by atomic mass is 35.5. The van der Waals surface area contributed by atoms with Crippen LogP contribution in [-0.4, -0.2) is 11.6 Å². The van der Waals surface area contributed by atoms with Crippen LogP contribution in [-0.2, 0) is 22.4 Å². The van der Waals surface area contributed by atoms with Crippen molar-refractivity contribution in [1.82, 2.24) is 0 Å². The van der Waals surface area contributed by atoms with E-state index in [2.05, 4.69) is 62.0 Å². The largest absolute Gasteiger partial charge is 0.289 e. The maximum absolute atomic E-state index is 13.3. The molecule has 0 unspecified atom stereocenters. The smallest absolute Gasteiger partial charge is 0.186 e. The number of nitrogens with zero attached hydrogens (tertiary/aromatic N) is 4. The van der Waals surface area contributed by atoms with Crippen molar-refractivity contribution in [2.75, 3.05) is 0 Å². The van der Waals surface area contributed by atoms with Gasteiger partial charge in [0.2, 0.25) is 0 Å². The van der Waals surface area contributed by atoms with E-state index in [-0.39, 0.29) is 33.2 Å². The number of hydrogen-bond donors (Lipinski definition) is 0. The van der Waals surface area contributed by atoms with Crippen LogP contribution in [0.3, 0.4) is 0 Å². The summed E-state index contributed by atoms with van der Waals surface area (Å²) in [4.78, 5) is 26.6. The Morgan fingerprint density at radius 2 is 0.943 bits per heavy atom. The average Bonchev–Trinajstić information content (AvgIpc) is 3.52. The average molecular weight is 752 g/mol. The van der Waals surface area contributed by atoms with Gasteiger partial charge < -0.3 is 0 Å². The third-order valence-electron chi connectivity index (χ3n) is 9.79. The highest BCUT2D eigenvalue weighted by Gasteiger charge is 2.35. The van der Waals surface area contributed by atoms with E-state index in [1.54, 1.807) is 18.5 Å². The van der Waals surface area contributed by atoms with Gasteiger partial charge in [0, 0.05) is 27.9 Å². The van der Waals surface area contributed by atoms with Gasteiger partial charge in [0.25, 0.3) is 0 Å². The molecule has 0 atom stereocenters. The summed E-state index contributed by atoms with van der Waals surface area (Å²) >= 11 is 13.7. The van der Waals surface area contributed by atoms with E-state index in [1.807, 2.05) is 84.0 Å². The van der Waals surface area contributed by atoms with Gasteiger partial charge in [0.1, 0.15) is 5.69 Å². The van der Waals surface area contributed by atoms with Crippen molar-refractivity contribution < 1.29 is 9.59 Å². The molecule has 0 bridgehead atoms. The molecule has 8 heteroatoms. The molecule has 0 aliphatic heterocycles. The van der Waals surface area contributed by atoms with Gasteiger partial charge >= 0.3 is 0 Å². The van der Waals surface area contributed by atoms with Crippen LogP contribution in [0.5, 0.6) is 0 Å². The minimum Gasteiger partial charge on any atom is -0.289 e. The second kappa shape index (κ2) is 14.7. The molecule has 6 nitrogen and oxygen atoms in total. The zero-order chi connectivity index (χ0) is 39.3. The standard InChI is InChI=1S/C45H52Cl2N4O2/c1-42(2,3)32-18-26(19-33(40(32)52)43(4,5)6)24-48-50-38-17-16-29(28-14-13-15-30(28)38)31-22-37(47)39(23-36(31)46)51-49-25-27-20-34(44(7,8)9)41(53)35(21-27)45(10,11)12/h16-25H,13-15H2,1-12H3/b50-48+,51-49+. The summed E-state index contributed by atoms with van der Waals surface area (Å²) in [7, 11) is 0. The Balaban J connectivity index is 1.44. The molecule has 0 radical (unpaired) electrons. The minimum atomic E-state index is -0.316. The van der Waals surface area contributed by atoms with Gasteiger partial charge in [-0.2, -0.15) is 15.3 Å². The number of rotatable bonds is 5. The number of benzene rings is 2. The molecule has 0 fully saturated rings. The van der Waals surface area contributed by atoms with Crippen LogP contribution in [0.25, 0.3) is 11.1 Å². The number of carbonyl (C=O) groups is 2. The van der Waals surface area contributed by atoms with Crippen molar-refractivity contribution in [2.24, 2.45) is 42.1 Å². The maximum Gasteiger partial charge on any atom is 0.186 e. The van der Waals surface area contributed by atoms with Crippen LogP contribution in [0, 0.1) is 21.7 Å². The number of ketones is 2. The Morgan fingerprint density at radius 3 is 1.38 bits per heavy atom. The predicted octanol–water partition coefficient (Wildman–Crippen LogP) is 14.1. The monoisotopic (exact) mass is 750 g/mol. The van der Waals surface area contributed by atoms with E-state index in [9.17, 15) is 9.59 Å². The molecule has 278 valence electrons. The van der Waals surface area contributed by atoms with E-state index in [0.29, 0.717) is 15.7 Å². The number of fused-ring (bicyclic) bond motifs is 1. The van der Waals surface area contributed by atoms with Crippen LogP contribution in [0.4, 0.5) is 11.4 Å². The molecule has 0 N–H and O–H groups in total. The normalized spacial score (nSPS) is 17.3. The van der Waals surface area contributed by atoms with E-state index in [1.165, 1.54) is 5.56 Å². The van der Waals surface area contributed by atoms with Gasteiger partial charge in [-0.1, -0.05) is 112 Å². The Labute approximate surface area is 325 Å². The van der Waals surface area contributed by atoms with Gasteiger partial charge in [0.05, 0.1) is 28.1 Å². The van der Waals surface area contributed by atoms with Crippen LogP contribution in [0.1, 0.15) is 101 Å². The fraction of sp³-hybridized carbons (Fsp3) is 0.422. The first-order valence-electron chi connectivity index (χ1n) is 18.3. The third kappa shape index (κ3) is 8.87. The summed E-state index contributed by atoms with van der Waals surface area (Å²) in [6.07, 6.45) is 13.9. The van der Waals surface area contributed by atoms with E-state index < -0.39 is 0 Å². The number of azo groups is 2. The summed E-state index contributed by atoms with van der Waals surface area (Å²) < 4.78 is 0. The number of allylic oxidation sites excluding steroid dienone is 10. The van der Waals surface area contributed by atoms with Crippen molar-refractivity contribution in [3.63, 3.8) is 0 Å². The Kier molecular flexibility index (Phi) is 11.1. The molecule has 0 saturated heterocycles. The second-order valence-electron chi connectivity index (χ2n) is 18.3. The van der Waals surface area contributed by atoms with E-state index >= 15 is 0 Å². The summed E-state index contributed by atoms with van der Waals surface area (Å²) in [5.41, 5.74) is 8.94. The van der Waals surface area contributed by atoms with Gasteiger partial charge in [-0.05, 0) is 111 Å². The molecular formula is C45H52Cl2N4O2. The highest BCUT2D eigenvalue weighted by Crippen LogP contribution is 2.44. The molecule has 0 spiro atoms. The van der Waals surface area contributed by atoms with E-state index in [0.717, 1.165) is 75.1 Å². The predicted molar refractivity (Wildman–Crippen MR) is 219 cm³/mol. The molecule has 0 amide bonds. The number of carbonyl (C=O) groups excluding carboxylic acids is 2. The van der Waals surface area contributed by atoms with Crippen molar-refractivity contribution in [3.8, 4) is 11.1 Å².